The minimum atomic E-state index is -0.526. The Bertz CT molecular complexity index is 530. The Morgan fingerprint density at radius 2 is 1.80 bits per heavy atom. The third kappa shape index (κ3) is 1.96. The van der Waals surface area contributed by atoms with Crippen LogP contribution in [0, 0.1) is 6.92 Å². The summed E-state index contributed by atoms with van der Waals surface area (Å²) in [7, 11) is 0. The summed E-state index contributed by atoms with van der Waals surface area (Å²) < 4.78 is 5.18. The summed E-state index contributed by atoms with van der Waals surface area (Å²) >= 11 is 0. The first kappa shape index (κ1) is 9.65. The molecule has 2 rings (SSSR count). The predicted molar refractivity (Wildman–Crippen MR) is 56.9 cm³/mol. The van der Waals surface area contributed by atoms with E-state index in [1.54, 1.807) is 0 Å². The van der Waals surface area contributed by atoms with Crippen molar-refractivity contribution in [2.45, 2.75) is 13.5 Å². The fourth-order valence-corrected chi connectivity index (χ4v) is 1.25. The average molecular weight is 202 g/mol. The lowest BCUT2D eigenvalue weighted by atomic mass is 10.2. The van der Waals surface area contributed by atoms with Crippen molar-refractivity contribution in [1.82, 2.24) is 0 Å². The molecule has 3 heteroatoms. The van der Waals surface area contributed by atoms with Gasteiger partial charge in [0, 0.05) is 6.07 Å². The fraction of sp³-hybridized carbons (Fsp3) is 0.167. The number of ether oxygens (including phenoxy) is 1. The van der Waals surface area contributed by atoms with Crippen molar-refractivity contribution in [2.24, 2.45) is 0 Å². The van der Waals surface area contributed by atoms with Gasteiger partial charge in [-0.1, -0.05) is 29.8 Å². The van der Waals surface area contributed by atoms with E-state index in [1.807, 2.05) is 31.2 Å². The summed E-state index contributed by atoms with van der Waals surface area (Å²) in [5, 5.41) is 0. The Labute approximate surface area is 86.6 Å². The minimum Gasteiger partial charge on any atom is -0.484 e. The van der Waals surface area contributed by atoms with Crippen molar-refractivity contribution >= 4 is 0 Å². The van der Waals surface area contributed by atoms with Gasteiger partial charge in [0.25, 0.3) is 5.43 Å². The second kappa shape index (κ2) is 3.69. The zero-order chi connectivity index (χ0) is 10.8. The van der Waals surface area contributed by atoms with Crippen LogP contribution in [-0.2, 0) is 6.61 Å². The molecule has 15 heavy (non-hydrogen) atoms. The van der Waals surface area contributed by atoms with Crippen molar-refractivity contribution in [3.8, 4) is 5.75 Å². The molecule has 3 nitrogen and oxygen atoms in total. The maximum absolute atomic E-state index is 10.9. The van der Waals surface area contributed by atoms with Crippen LogP contribution >= 0.6 is 0 Å². The second-order valence-corrected chi connectivity index (χ2v) is 3.48. The normalized spacial score (nSPS) is 10.5. The van der Waals surface area contributed by atoms with Gasteiger partial charge in [0.15, 0.2) is 5.75 Å². The largest absolute Gasteiger partial charge is 0.484 e. The molecule has 0 N–H and O–H groups in total. The molecule has 0 saturated carbocycles. The molecule has 0 aliphatic carbocycles. The SMILES string of the molecule is Cc1ccc(COc2cc(=O)c2=O)cc1. The van der Waals surface area contributed by atoms with Gasteiger partial charge in [-0.3, -0.25) is 9.59 Å². The Balaban J connectivity index is 2.00. The topological polar surface area (TPSA) is 43.4 Å². The third-order valence-electron chi connectivity index (χ3n) is 2.22. The number of aryl methyl sites for hydroxylation is 1. The van der Waals surface area contributed by atoms with Gasteiger partial charge >= 0.3 is 0 Å². The van der Waals surface area contributed by atoms with E-state index in [0.29, 0.717) is 6.61 Å². The van der Waals surface area contributed by atoms with Crippen molar-refractivity contribution < 1.29 is 4.74 Å². The third-order valence-corrected chi connectivity index (χ3v) is 2.22. The first-order valence-corrected chi connectivity index (χ1v) is 4.65. The van der Waals surface area contributed by atoms with Gasteiger partial charge in [-0.05, 0) is 12.5 Å². The van der Waals surface area contributed by atoms with Gasteiger partial charge in [-0.2, -0.15) is 0 Å². The summed E-state index contributed by atoms with van der Waals surface area (Å²) in [5.41, 5.74) is 1.15. The zero-order valence-electron chi connectivity index (χ0n) is 8.32. The van der Waals surface area contributed by atoms with Crippen LogP contribution in [0.1, 0.15) is 11.1 Å². The average Bonchev–Trinajstić information content (AvgIpc) is 2.26. The number of benzene rings is 1. The number of rotatable bonds is 3. The van der Waals surface area contributed by atoms with Gasteiger partial charge in [0.2, 0.25) is 5.43 Å². The van der Waals surface area contributed by atoms with E-state index in [9.17, 15) is 9.59 Å². The van der Waals surface area contributed by atoms with Gasteiger partial charge in [-0.15, -0.1) is 0 Å². The predicted octanol–water partition coefficient (Wildman–Crippen LogP) is 1.17. The molecular formula is C12H10O3. The van der Waals surface area contributed by atoms with Crippen molar-refractivity contribution in [3.05, 3.63) is 61.9 Å². The molecule has 76 valence electrons. The van der Waals surface area contributed by atoms with Gasteiger partial charge in [0.1, 0.15) is 6.61 Å². The molecule has 0 aliphatic heterocycles. The molecule has 0 bridgehead atoms. The van der Waals surface area contributed by atoms with E-state index in [1.165, 1.54) is 11.6 Å². The Kier molecular flexibility index (Phi) is 2.37. The summed E-state index contributed by atoms with van der Waals surface area (Å²) in [4.78, 5) is 21.5. The lowest BCUT2D eigenvalue weighted by Gasteiger charge is -2.06. The first-order chi connectivity index (χ1) is 7.16. The summed E-state index contributed by atoms with van der Waals surface area (Å²) in [6.07, 6.45) is 0. The minimum absolute atomic E-state index is 0.167. The highest BCUT2D eigenvalue weighted by Crippen LogP contribution is 2.07. The van der Waals surface area contributed by atoms with Crippen LogP contribution in [0.15, 0.2) is 39.9 Å². The van der Waals surface area contributed by atoms with Crippen molar-refractivity contribution in [1.29, 1.82) is 0 Å². The maximum Gasteiger partial charge on any atom is 0.267 e. The second-order valence-electron chi connectivity index (χ2n) is 3.48. The van der Waals surface area contributed by atoms with Crippen molar-refractivity contribution in [3.63, 3.8) is 0 Å². The van der Waals surface area contributed by atoms with E-state index in [0.717, 1.165) is 5.56 Å². The van der Waals surface area contributed by atoms with Gasteiger partial charge in [-0.25, -0.2) is 0 Å². The van der Waals surface area contributed by atoms with Gasteiger partial charge in [0.05, 0.1) is 0 Å². The quantitative estimate of drug-likeness (QED) is 0.702. The Morgan fingerprint density at radius 1 is 1.13 bits per heavy atom. The highest BCUT2D eigenvalue weighted by Gasteiger charge is 2.10. The molecule has 2 aromatic rings. The lowest BCUT2D eigenvalue weighted by molar-refractivity contribution is 0.299. The van der Waals surface area contributed by atoms with E-state index in [2.05, 4.69) is 0 Å². The van der Waals surface area contributed by atoms with Crippen LogP contribution in [0.4, 0.5) is 0 Å². The molecule has 0 spiro atoms. The van der Waals surface area contributed by atoms with Crippen LogP contribution < -0.4 is 15.6 Å². The maximum atomic E-state index is 10.9. The van der Waals surface area contributed by atoms with Gasteiger partial charge < -0.3 is 4.74 Å². The molecule has 0 amide bonds. The fourth-order valence-electron chi connectivity index (χ4n) is 1.25. The van der Waals surface area contributed by atoms with E-state index in [4.69, 9.17) is 4.74 Å². The smallest absolute Gasteiger partial charge is 0.267 e. The highest BCUT2D eigenvalue weighted by molar-refractivity contribution is 5.27. The molecule has 0 heterocycles. The summed E-state index contributed by atoms with van der Waals surface area (Å²) in [5.74, 6) is 0.167. The molecular weight excluding hydrogens is 192 g/mol. The lowest BCUT2D eigenvalue weighted by Crippen LogP contribution is -2.30. The number of hydrogen-bond acceptors (Lipinski definition) is 3. The van der Waals surface area contributed by atoms with E-state index >= 15 is 0 Å². The summed E-state index contributed by atoms with van der Waals surface area (Å²) in [6, 6.07) is 9.03. The van der Waals surface area contributed by atoms with E-state index in [-0.39, 0.29) is 5.75 Å². The molecule has 2 aromatic carbocycles. The molecule has 0 aliphatic rings. The van der Waals surface area contributed by atoms with Crippen LogP contribution in [0.25, 0.3) is 0 Å². The molecule has 0 saturated heterocycles. The first-order valence-electron chi connectivity index (χ1n) is 4.65. The Hall–Kier alpha value is -1.90. The van der Waals surface area contributed by atoms with Crippen LogP contribution in [0.3, 0.4) is 0 Å². The standard InChI is InChI=1S/C12H10O3/c1-8-2-4-9(5-3-8)7-15-11-6-10(13)12(11)14/h2-6H,7H2,1H3. The monoisotopic (exact) mass is 202 g/mol. The molecule has 0 radical (unpaired) electrons. The molecule has 0 aromatic heterocycles. The van der Waals surface area contributed by atoms with Crippen LogP contribution in [0.2, 0.25) is 0 Å². The summed E-state index contributed by atoms with van der Waals surface area (Å²) in [6.45, 7) is 2.33. The highest BCUT2D eigenvalue weighted by atomic mass is 16.5. The molecule has 0 fully saturated rings. The molecule has 0 unspecified atom stereocenters. The van der Waals surface area contributed by atoms with Crippen molar-refractivity contribution in [2.75, 3.05) is 0 Å². The van der Waals surface area contributed by atoms with Crippen LogP contribution in [0.5, 0.6) is 5.75 Å². The zero-order valence-corrected chi connectivity index (χ0v) is 8.32. The Morgan fingerprint density at radius 3 is 2.33 bits per heavy atom. The van der Waals surface area contributed by atoms with Crippen LogP contribution in [-0.4, -0.2) is 0 Å². The number of hydrogen-bond donors (Lipinski definition) is 0. The van der Waals surface area contributed by atoms with E-state index < -0.39 is 10.9 Å². The molecule has 0 atom stereocenters.